The number of ether oxygens (including phenoxy) is 1. The molecule has 0 aromatic heterocycles. The van der Waals surface area contributed by atoms with Gasteiger partial charge in [0.1, 0.15) is 0 Å². The minimum Gasteiger partial charge on any atom is -0.373 e. The third-order valence-electron chi connectivity index (χ3n) is 3.74. The zero-order valence-electron chi connectivity index (χ0n) is 12.7. The second kappa shape index (κ2) is 8.47. The van der Waals surface area contributed by atoms with E-state index in [4.69, 9.17) is 4.74 Å². The molecule has 114 valence electrons. The summed E-state index contributed by atoms with van der Waals surface area (Å²) in [5.41, 5.74) is 1.26. The van der Waals surface area contributed by atoms with Crippen LogP contribution in [0.4, 0.5) is 0 Å². The van der Waals surface area contributed by atoms with Gasteiger partial charge >= 0.3 is 0 Å². The minimum atomic E-state index is 0.171. The molecule has 1 aliphatic heterocycles. The first kappa shape index (κ1) is 15.6. The topological polar surface area (TPSA) is 45.7 Å². The molecule has 0 aliphatic carbocycles. The Bertz CT molecular complexity index is 458. The molecule has 21 heavy (non-hydrogen) atoms. The van der Waals surface area contributed by atoms with Gasteiger partial charge in [0, 0.05) is 32.7 Å². The summed E-state index contributed by atoms with van der Waals surface area (Å²) in [7, 11) is 1.78. The fourth-order valence-corrected chi connectivity index (χ4v) is 2.68. The van der Waals surface area contributed by atoms with Crippen LogP contribution in [0.3, 0.4) is 0 Å². The van der Waals surface area contributed by atoms with E-state index in [1.54, 1.807) is 7.05 Å². The number of rotatable bonds is 5. The van der Waals surface area contributed by atoms with Crippen molar-refractivity contribution in [3.05, 3.63) is 48.6 Å². The summed E-state index contributed by atoms with van der Waals surface area (Å²) in [5, 5.41) is 6.58. The van der Waals surface area contributed by atoms with Crippen LogP contribution in [0.25, 0.3) is 0 Å². The molecule has 1 aromatic carbocycles. The largest absolute Gasteiger partial charge is 0.373 e. The average molecular weight is 287 g/mol. The molecule has 1 heterocycles. The lowest BCUT2D eigenvalue weighted by Gasteiger charge is -2.32. The lowest BCUT2D eigenvalue weighted by molar-refractivity contribution is -0.0265. The fourth-order valence-electron chi connectivity index (χ4n) is 2.68. The summed E-state index contributed by atoms with van der Waals surface area (Å²) in [5.74, 6) is 1.27. The smallest absolute Gasteiger partial charge is 0.191 e. The second-order valence-corrected chi connectivity index (χ2v) is 5.23. The molecule has 0 spiro atoms. The molecule has 0 amide bonds. The Labute approximate surface area is 127 Å². The van der Waals surface area contributed by atoms with E-state index in [1.807, 2.05) is 12.1 Å². The molecule has 0 radical (unpaired) electrons. The van der Waals surface area contributed by atoms with Crippen molar-refractivity contribution in [2.45, 2.75) is 18.9 Å². The molecule has 1 aromatic rings. The van der Waals surface area contributed by atoms with Gasteiger partial charge in [0.05, 0.1) is 6.10 Å². The highest BCUT2D eigenvalue weighted by atomic mass is 16.5. The number of hydrogen-bond acceptors (Lipinski definition) is 2. The molecule has 1 saturated heterocycles. The normalized spacial score (nSPS) is 22.6. The molecule has 0 saturated carbocycles. The van der Waals surface area contributed by atoms with E-state index in [9.17, 15) is 0 Å². The van der Waals surface area contributed by atoms with Crippen molar-refractivity contribution in [1.29, 1.82) is 0 Å². The Balaban J connectivity index is 1.94. The summed E-state index contributed by atoms with van der Waals surface area (Å²) in [6.07, 6.45) is 4.29. The number of nitrogens with zero attached hydrogens (tertiary/aromatic N) is 1. The molecule has 2 rings (SSSR count). The Morgan fingerprint density at radius 2 is 2.19 bits per heavy atom. The molecular weight excluding hydrogens is 262 g/mol. The standard InChI is InChI=1S/C17H25N3O/c1-3-11-19-17(18-2)20-13-15-10-7-12-21-16(15)14-8-5-4-6-9-14/h3-6,8-9,15-16H,1,7,10-13H2,2H3,(H2,18,19,20). The molecule has 0 bridgehead atoms. The van der Waals surface area contributed by atoms with Crippen LogP contribution in [0.1, 0.15) is 24.5 Å². The maximum atomic E-state index is 6.01. The van der Waals surface area contributed by atoms with Crippen LogP contribution in [0.15, 0.2) is 48.0 Å². The Hall–Kier alpha value is -1.81. The van der Waals surface area contributed by atoms with Crippen molar-refractivity contribution in [3.63, 3.8) is 0 Å². The maximum absolute atomic E-state index is 6.01. The fraction of sp³-hybridized carbons (Fsp3) is 0.471. The van der Waals surface area contributed by atoms with Crippen molar-refractivity contribution < 1.29 is 4.74 Å². The first-order valence-corrected chi connectivity index (χ1v) is 7.57. The Kier molecular flexibility index (Phi) is 6.28. The van der Waals surface area contributed by atoms with Crippen molar-refractivity contribution in [2.24, 2.45) is 10.9 Å². The highest BCUT2D eigenvalue weighted by molar-refractivity contribution is 5.79. The van der Waals surface area contributed by atoms with Crippen molar-refractivity contribution in [3.8, 4) is 0 Å². The highest BCUT2D eigenvalue weighted by Gasteiger charge is 2.27. The monoisotopic (exact) mass is 287 g/mol. The highest BCUT2D eigenvalue weighted by Crippen LogP contribution is 2.32. The number of guanidine groups is 1. The predicted octanol–water partition coefficient (Wildman–Crippen LogP) is 2.51. The van der Waals surface area contributed by atoms with Crippen LogP contribution in [0.5, 0.6) is 0 Å². The number of nitrogens with one attached hydrogen (secondary N) is 2. The number of aliphatic imine (C=N–C) groups is 1. The van der Waals surface area contributed by atoms with Gasteiger partial charge in [-0.1, -0.05) is 36.4 Å². The Morgan fingerprint density at radius 1 is 1.38 bits per heavy atom. The van der Waals surface area contributed by atoms with E-state index in [-0.39, 0.29) is 6.10 Å². The Morgan fingerprint density at radius 3 is 2.90 bits per heavy atom. The summed E-state index contributed by atoms with van der Waals surface area (Å²) in [6, 6.07) is 10.5. The van der Waals surface area contributed by atoms with E-state index in [1.165, 1.54) is 12.0 Å². The predicted molar refractivity (Wildman–Crippen MR) is 87.4 cm³/mol. The van der Waals surface area contributed by atoms with Gasteiger partial charge in [0.25, 0.3) is 0 Å². The van der Waals surface area contributed by atoms with Crippen LogP contribution in [0.2, 0.25) is 0 Å². The molecular formula is C17H25N3O. The molecule has 1 fully saturated rings. The number of hydrogen-bond donors (Lipinski definition) is 2. The molecule has 4 nitrogen and oxygen atoms in total. The van der Waals surface area contributed by atoms with Gasteiger partial charge in [0.2, 0.25) is 0 Å². The second-order valence-electron chi connectivity index (χ2n) is 5.23. The first-order chi connectivity index (χ1) is 10.3. The van der Waals surface area contributed by atoms with Gasteiger partial charge < -0.3 is 15.4 Å². The van der Waals surface area contributed by atoms with Crippen LogP contribution < -0.4 is 10.6 Å². The SMILES string of the molecule is C=CCNC(=NC)NCC1CCCOC1c1ccccc1. The summed E-state index contributed by atoms with van der Waals surface area (Å²) >= 11 is 0. The van der Waals surface area contributed by atoms with Crippen LogP contribution >= 0.6 is 0 Å². The third-order valence-corrected chi connectivity index (χ3v) is 3.74. The quantitative estimate of drug-likeness (QED) is 0.497. The summed E-state index contributed by atoms with van der Waals surface area (Å²) < 4.78 is 6.01. The van der Waals surface area contributed by atoms with Gasteiger partial charge in [-0.15, -0.1) is 6.58 Å². The molecule has 4 heteroatoms. The zero-order valence-corrected chi connectivity index (χ0v) is 12.7. The van der Waals surface area contributed by atoms with E-state index in [0.29, 0.717) is 12.5 Å². The van der Waals surface area contributed by atoms with Gasteiger partial charge in [-0.2, -0.15) is 0 Å². The molecule has 2 N–H and O–H groups in total. The van der Waals surface area contributed by atoms with Crippen LogP contribution in [0, 0.1) is 5.92 Å². The lowest BCUT2D eigenvalue weighted by Crippen LogP contribution is -2.41. The summed E-state index contributed by atoms with van der Waals surface area (Å²) in [6.45, 7) is 6.12. The van der Waals surface area contributed by atoms with Gasteiger partial charge in [-0.3, -0.25) is 4.99 Å². The van der Waals surface area contributed by atoms with E-state index in [2.05, 4.69) is 46.5 Å². The van der Waals surface area contributed by atoms with E-state index >= 15 is 0 Å². The lowest BCUT2D eigenvalue weighted by atomic mass is 9.89. The van der Waals surface area contributed by atoms with Crippen molar-refractivity contribution >= 4 is 5.96 Å². The molecule has 1 aliphatic rings. The molecule has 2 unspecified atom stereocenters. The van der Waals surface area contributed by atoms with Gasteiger partial charge in [0.15, 0.2) is 5.96 Å². The number of benzene rings is 1. The molecule has 2 atom stereocenters. The van der Waals surface area contributed by atoms with Crippen LogP contribution in [-0.4, -0.2) is 32.7 Å². The van der Waals surface area contributed by atoms with Gasteiger partial charge in [-0.05, 0) is 18.4 Å². The zero-order chi connectivity index (χ0) is 14.9. The van der Waals surface area contributed by atoms with Crippen molar-refractivity contribution in [1.82, 2.24) is 10.6 Å². The van der Waals surface area contributed by atoms with Crippen LogP contribution in [-0.2, 0) is 4.74 Å². The minimum absolute atomic E-state index is 0.171. The van der Waals surface area contributed by atoms with Gasteiger partial charge in [-0.25, -0.2) is 0 Å². The van der Waals surface area contributed by atoms with E-state index in [0.717, 1.165) is 25.5 Å². The third kappa shape index (κ3) is 4.60. The maximum Gasteiger partial charge on any atom is 0.191 e. The average Bonchev–Trinajstić information content (AvgIpc) is 2.56. The summed E-state index contributed by atoms with van der Waals surface area (Å²) in [4.78, 5) is 4.21. The first-order valence-electron chi connectivity index (χ1n) is 7.57. The van der Waals surface area contributed by atoms with Crippen molar-refractivity contribution in [2.75, 3.05) is 26.7 Å². The van der Waals surface area contributed by atoms with E-state index < -0.39 is 0 Å².